The SMILES string of the molecule is CC1(Cc2ccc(F)c(Cl)c2)C(=O)C(C2=NS(=O)(=O)c3cc(NS(C)(O)O)ccc3N2)=C(O)c2cccn21. The lowest BCUT2D eigenvalue weighted by atomic mass is 9.81. The Balaban J connectivity index is 1.59. The number of aliphatic hydroxyl groups is 1. The molecule has 0 fully saturated rings. The lowest BCUT2D eigenvalue weighted by Crippen LogP contribution is -2.48. The first-order chi connectivity index (χ1) is 17.7. The van der Waals surface area contributed by atoms with E-state index in [2.05, 4.69) is 14.4 Å². The van der Waals surface area contributed by atoms with E-state index < -0.39 is 43.7 Å². The second-order valence-electron chi connectivity index (χ2n) is 9.20. The number of Topliss-reactive ketones (excluding diaryl/α,β-unsaturated/α-hetero) is 1. The fourth-order valence-corrected chi connectivity index (χ4v) is 6.53. The van der Waals surface area contributed by atoms with Gasteiger partial charge in [-0.2, -0.15) is 8.42 Å². The van der Waals surface area contributed by atoms with Crippen molar-refractivity contribution in [3.05, 3.63) is 82.4 Å². The van der Waals surface area contributed by atoms with Crippen molar-refractivity contribution in [1.82, 2.24) is 4.57 Å². The van der Waals surface area contributed by atoms with Gasteiger partial charge in [0.05, 0.1) is 22.1 Å². The van der Waals surface area contributed by atoms with Crippen molar-refractivity contribution in [2.24, 2.45) is 4.40 Å². The first kappa shape index (κ1) is 26.3. The number of rotatable bonds is 5. The molecule has 1 aromatic heterocycles. The maximum absolute atomic E-state index is 14.0. The summed E-state index contributed by atoms with van der Waals surface area (Å²) in [5.74, 6) is -2.06. The molecule has 0 spiro atoms. The lowest BCUT2D eigenvalue weighted by molar-refractivity contribution is -0.123. The number of aromatic nitrogens is 1. The molecule has 1 unspecified atom stereocenters. The van der Waals surface area contributed by atoms with Crippen LogP contribution in [0.15, 0.2) is 69.6 Å². The van der Waals surface area contributed by atoms with Crippen molar-refractivity contribution in [2.75, 3.05) is 16.3 Å². The van der Waals surface area contributed by atoms with Crippen molar-refractivity contribution in [2.45, 2.75) is 23.8 Å². The zero-order valence-electron chi connectivity index (χ0n) is 19.9. The zero-order valence-corrected chi connectivity index (χ0v) is 22.3. The van der Waals surface area contributed by atoms with Crippen LogP contribution in [0, 0.1) is 5.82 Å². The van der Waals surface area contributed by atoms with E-state index in [1.54, 1.807) is 29.8 Å². The molecule has 2 aliphatic heterocycles. The Labute approximate surface area is 224 Å². The van der Waals surface area contributed by atoms with E-state index in [0.717, 1.165) is 6.26 Å². The second-order valence-corrected chi connectivity index (χ2v) is 13.1. The molecule has 3 heterocycles. The number of fused-ring (bicyclic) bond motifs is 2. The molecule has 5 rings (SSSR count). The highest BCUT2D eigenvalue weighted by molar-refractivity contribution is 8.24. The molecule has 0 bridgehead atoms. The fourth-order valence-electron chi connectivity index (χ4n) is 4.60. The summed E-state index contributed by atoms with van der Waals surface area (Å²) in [5.41, 5.74) is -0.657. The average molecular weight is 581 g/mol. The van der Waals surface area contributed by atoms with Crippen LogP contribution in [0.4, 0.5) is 15.8 Å². The summed E-state index contributed by atoms with van der Waals surface area (Å²) in [7, 11) is -7.54. The first-order valence-electron chi connectivity index (χ1n) is 11.1. The molecule has 0 radical (unpaired) electrons. The van der Waals surface area contributed by atoms with Crippen molar-refractivity contribution >= 4 is 61.2 Å². The number of hydrogen-bond acceptors (Lipinski definition) is 8. The number of amidine groups is 1. The average Bonchev–Trinajstić information content (AvgIpc) is 3.31. The fraction of sp³-hybridized carbons (Fsp3) is 0.167. The molecule has 38 heavy (non-hydrogen) atoms. The van der Waals surface area contributed by atoms with Crippen LogP contribution in [0.25, 0.3) is 5.76 Å². The summed E-state index contributed by atoms with van der Waals surface area (Å²) in [6.07, 6.45) is 2.81. The molecule has 5 N–H and O–H groups in total. The number of nitrogens with one attached hydrogen (secondary N) is 2. The van der Waals surface area contributed by atoms with Gasteiger partial charge in [0, 0.05) is 18.9 Å². The summed E-state index contributed by atoms with van der Waals surface area (Å²) in [6, 6.07) is 11.3. The minimum Gasteiger partial charge on any atom is -0.505 e. The van der Waals surface area contributed by atoms with Crippen molar-refractivity contribution in [3.8, 4) is 0 Å². The van der Waals surface area contributed by atoms with Crippen LogP contribution in [0.5, 0.6) is 0 Å². The van der Waals surface area contributed by atoms with Crippen molar-refractivity contribution in [1.29, 1.82) is 0 Å². The van der Waals surface area contributed by atoms with E-state index in [9.17, 15) is 31.8 Å². The number of halogens is 2. The largest absolute Gasteiger partial charge is 0.505 e. The Morgan fingerprint density at radius 1 is 1.21 bits per heavy atom. The van der Waals surface area contributed by atoms with Gasteiger partial charge in [-0.1, -0.05) is 17.7 Å². The normalized spacial score (nSPS) is 20.8. The summed E-state index contributed by atoms with van der Waals surface area (Å²) in [5, 5.41) is 13.8. The Hall–Kier alpha value is -3.36. The third kappa shape index (κ3) is 4.46. The molecule has 0 saturated carbocycles. The van der Waals surface area contributed by atoms with E-state index in [-0.39, 0.29) is 44.8 Å². The predicted molar refractivity (Wildman–Crippen MR) is 145 cm³/mol. The maximum atomic E-state index is 14.0. The number of anilines is 2. The lowest BCUT2D eigenvalue weighted by Gasteiger charge is -2.37. The summed E-state index contributed by atoms with van der Waals surface area (Å²) in [4.78, 5) is 13.7. The molecule has 0 aliphatic carbocycles. The highest BCUT2D eigenvalue weighted by Gasteiger charge is 2.46. The highest BCUT2D eigenvalue weighted by atomic mass is 35.5. The van der Waals surface area contributed by atoms with Crippen LogP contribution in [0.1, 0.15) is 18.2 Å². The molecule has 0 amide bonds. The van der Waals surface area contributed by atoms with E-state index in [1.807, 2.05) is 0 Å². The van der Waals surface area contributed by atoms with Gasteiger partial charge in [-0.15, -0.1) is 15.2 Å². The zero-order chi connectivity index (χ0) is 27.6. The minimum absolute atomic E-state index is 0.0549. The quantitative estimate of drug-likeness (QED) is 0.282. The van der Waals surface area contributed by atoms with Gasteiger partial charge in [-0.05, 0) is 55.0 Å². The number of carbonyl (C=O) groups excluding carboxylic acids is 1. The predicted octanol–water partition coefficient (Wildman–Crippen LogP) is 5.01. The summed E-state index contributed by atoms with van der Waals surface area (Å²) >= 11 is 5.95. The number of benzene rings is 2. The van der Waals surface area contributed by atoms with Crippen LogP contribution < -0.4 is 10.0 Å². The third-order valence-corrected chi connectivity index (χ3v) is 8.51. The molecule has 1 atom stereocenters. The van der Waals surface area contributed by atoms with Crippen LogP contribution in [0.3, 0.4) is 0 Å². The number of carbonyl (C=O) groups is 1. The van der Waals surface area contributed by atoms with E-state index in [1.165, 1.54) is 36.4 Å². The van der Waals surface area contributed by atoms with Gasteiger partial charge in [-0.25, -0.2) is 4.39 Å². The number of nitrogens with zero attached hydrogens (tertiary/aromatic N) is 2. The van der Waals surface area contributed by atoms with Crippen LogP contribution in [-0.4, -0.2) is 45.1 Å². The molecule has 2 aliphatic rings. The Morgan fingerprint density at radius 3 is 2.63 bits per heavy atom. The Bertz CT molecular complexity index is 1680. The Kier molecular flexibility index (Phi) is 6.11. The van der Waals surface area contributed by atoms with Crippen LogP contribution in [-0.2, 0) is 26.8 Å². The number of aliphatic hydroxyl groups excluding tert-OH is 1. The summed E-state index contributed by atoms with van der Waals surface area (Å²) < 4.78 is 67.1. The topological polar surface area (TPSA) is 153 Å². The standard InChI is InChI=1S/C24H22ClFN4O6S2/c1-24(12-13-5-7-16(26)15(25)10-13)22(32)20(21(31)18-4-3-9-30(18)24)23-27-17-8-6-14(28-37(2,33)34)11-19(17)38(35,36)29-23/h3-11,28,31,33-34H,12H2,1-2H3,(H,27,29). The van der Waals surface area contributed by atoms with Gasteiger partial charge in [-0.3, -0.25) is 18.6 Å². The molecule has 10 nitrogen and oxygen atoms in total. The second kappa shape index (κ2) is 8.85. The van der Waals surface area contributed by atoms with E-state index in [4.69, 9.17) is 11.6 Å². The Morgan fingerprint density at radius 2 is 1.95 bits per heavy atom. The molecule has 14 heteroatoms. The third-order valence-electron chi connectivity index (χ3n) is 6.28. The van der Waals surface area contributed by atoms with Crippen molar-refractivity contribution in [3.63, 3.8) is 0 Å². The number of ketones is 1. The molecule has 200 valence electrons. The van der Waals surface area contributed by atoms with Crippen LogP contribution in [0.2, 0.25) is 5.02 Å². The van der Waals surface area contributed by atoms with Gasteiger partial charge < -0.3 is 15.0 Å². The smallest absolute Gasteiger partial charge is 0.286 e. The molecule has 3 aromatic rings. The maximum Gasteiger partial charge on any atom is 0.286 e. The molecule has 0 saturated heterocycles. The summed E-state index contributed by atoms with van der Waals surface area (Å²) in [6.45, 7) is 1.62. The van der Waals surface area contributed by atoms with Gasteiger partial charge in [0.2, 0.25) is 0 Å². The molecular weight excluding hydrogens is 559 g/mol. The van der Waals surface area contributed by atoms with Gasteiger partial charge in [0.1, 0.15) is 21.8 Å². The van der Waals surface area contributed by atoms with Crippen LogP contribution >= 0.6 is 22.4 Å². The minimum atomic E-state index is -4.37. The molecular formula is C24H22ClFN4O6S2. The van der Waals surface area contributed by atoms with Gasteiger partial charge >= 0.3 is 0 Å². The van der Waals surface area contributed by atoms with Gasteiger partial charge in [0.15, 0.2) is 17.4 Å². The highest BCUT2D eigenvalue weighted by Crippen LogP contribution is 2.41. The number of hydrogen-bond donors (Lipinski definition) is 5. The van der Waals surface area contributed by atoms with Crippen molar-refractivity contribution < 1.29 is 31.8 Å². The first-order valence-corrected chi connectivity index (χ1v) is 14.8. The van der Waals surface area contributed by atoms with E-state index in [0.29, 0.717) is 5.56 Å². The van der Waals surface area contributed by atoms with Gasteiger partial charge in [0.25, 0.3) is 10.0 Å². The van der Waals surface area contributed by atoms with E-state index >= 15 is 0 Å². The molecule has 2 aromatic carbocycles. The monoisotopic (exact) mass is 580 g/mol. The number of sulfonamides is 1.